The summed E-state index contributed by atoms with van der Waals surface area (Å²) in [5.41, 5.74) is 0. The molecule has 0 aromatic heterocycles. The van der Waals surface area contributed by atoms with Crippen molar-refractivity contribution in [3.05, 3.63) is 31.2 Å². The van der Waals surface area contributed by atoms with Crippen molar-refractivity contribution in [3.63, 3.8) is 0 Å². The predicted octanol–water partition coefficient (Wildman–Crippen LogP) is 4.64. The van der Waals surface area contributed by atoms with Gasteiger partial charge >= 0.3 is 0 Å². The average molecular weight is 249 g/mol. The van der Waals surface area contributed by atoms with Gasteiger partial charge < -0.3 is 9.47 Å². The van der Waals surface area contributed by atoms with Gasteiger partial charge in [0.1, 0.15) is 11.5 Å². The van der Waals surface area contributed by atoms with Crippen LogP contribution >= 0.6 is 0 Å². The second kappa shape index (κ2) is 9.81. The zero-order valence-electron chi connectivity index (χ0n) is 11.5. The van der Waals surface area contributed by atoms with Crippen LogP contribution in [0.15, 0.2) is 24.3 Å². The molecule has 0 aliphatic carbocycles. The van der Waals surface area contributed by atoms with E-state index in [2.05, 4.69) is 13.8 Å². The molecular formula is C16H25O2. The van der Waals surface area contributed by atoms with Crippen LogP contribution in [0.1, 0.15) is 45.4 Å². The minimum Gasteiger partial charge on any atom is -0.494 e. The summed E-state index contributed by atoms with van der Waals surface area (Å²) in [6.45, 7) is 7.15. The van der Waals surface area contributed by atoms with Crippen molar-refractivity contribution in [3.8, 4) is 11.5 Å². The average Bonchev–Trinajstić information content (AvgIpc) is 2.40. The molecule has 0 aliphatic heterocycles. The largest absolute Gasteiger partial charge is 0.494 e. The van der Waals surface area contributed by atoms with Crippen molar-refractivity contribution in [1.29, 1.82) is 0 Å². The molecule has 1 aromatic rings. The Morgan fingerprint density at radius 1 is 0.833 bits per heavy atom. The molecule has 0 amide bonds. The first-order valence-electron chi connectivity index (χ1n) is 7.01. The minimum atomic E-state index is 0.456. The van der Waals surface area contributed by atoms with E-state index in [1.807, 2.05) is 24.3 Å². The summed E-state index contributed by atoms with van der Waals surface area (Å²) in [6.07, 6.45) is 7.75. The molecule has 0 aliphatic rings. The van der Waals surface area contributed by atoms with Gasteiger partial charge in [-0.3, -0.25) is 0 Å². The topological polar surface area (TPSA) is 18.5 Å². The number of rotatable bonds is 10. The van der Waals surface area contributed by atoms with Crippen LogP contribution in [0, 0.1) is 6.92 Å². The predicted molar refractivity (Wildman–Crippen MR) is 76.2 cm³/mol. The van der Waals surface area contributed by atoms with E-state index >= 15 is 0 Å². The molecular weight excluding hydrogens is 224 g/mol. The molecule has 0 fully saturated rings. The van der Waals surface area contributed by atoms with Crippen LogP contribution in [-0.2, 0) is 0 Å². The summed E-state index contributed by atoms with van der Waals surface area (Å²) in [5, 5.41) is 0. The minimum absolute atomic E-state index is 0.456. The number of hydrogen-bond donors (Lipinski definition) is 0. The van der Waals surface area contributed by atoms with E-state index < -0.39 is 0 Å². The number of ether oxygens (including phenoxy) is 2. The highest BCUT2D eigenvalue weighted by Crippen LogP contribution is 2.17. The van der Waals surface area contributed by atoms with Crippen LogP contribution in [0.2, 0.25) is 0 Å². The lowest BCUT2D eigenvalue weighted by Gasteiger charge is -2.07. The smallest absolute Gasteiger partial charge is 0.119 e. The first-order chi connectivity index (χ1) is 8.86. The highest BCUT2D eigenvalue weighted by molar-refractivity contribution is 5.31. The molecule has 0 saturated carbocycles. The lowest BCUT2D eigenvalue weighted by molar-refractivity contribution is 0.303. The fourth-order valence-electron chi connectivity index (χ4n) is 1.82. The highest BCUT2D eigenvalue weighted by Gasteiger charge is 1.96. The number of benzene rings is 1. The molecule has 18 heavy (non-hydrogen) atoms. The van der Waals surface area contributed by atoms with Gasteiger partial charge in [0, 0.05) is 0 Å². The van der Waals surface area contributed by atoms with Crippen molar-refractivity contribution in [2.45, 2.75) is 45.4 Å². The first-order valence-corrected chi connectivity index (χ1v) is 7.01. The Morgan fingerprint density at radius 3 is 2.00 bits per heavy atom. The van der Waals surface area contributed by atoms with Crippen LogP contribution in [0.5, 0.6) is 11.5 Å². The SMILES string of the molecule is [CH2]COc1ccc(OCCCCCCCC)cc1. The normalized spacial score (nSPS) is 10.3. The lowest BCUT2D eigenvalue weighted by Crippen LogP contribution is -1.97. The van der Waals surface area contributed by atoms with Crippen LogP contribution in [-0.4, -0.2) is 13.2 Å². The molecule has 1 aromatic carbocycles. The van der Waals surface area contributed by atoms with E-state index in [4.69, 9.17) is 9.47 Å². The molecule has 0 N–H and O–H groups in total. The molecule has 1 rings (SSSR count). The van der Waals surface area contributed by atoms with Crippen LogP contribution < -0.4 is 9.47 Å². The molecule has 2 heteroatoms. The molecule has 0 saturated heterocycles. The molecule has 2 nitrogen and oxygen atoms in total. The summed E-state index contributed by atoms with van der Waals surface area (Å²) in [6, 6.07) is 7.73. The van der Waals surface area contributed by atoms with Gasteiger partial charge in [-0.2, -0.15) is 0 Å². The van der Waals surface area contributed by atoms with Crippen molar-refractivity contribution >= 4 is 0 Å². The fourth-order valence-corrected chi connectivity index (χ4v) is 1.82. The third-order valence-electron chi connectivity index (χ3n) is 2.86. The van der Waals surface area contributed by atoms with Gasteiger partial charge in [0.25, 0.3) is 0 Å². The van der Waals surface area contributed by atoms with Gasteiger partial charge in [0.2, 0.25) is 0 Å². The fraction of sp³-hybridized carbons (Fsp3) is 0.562. The Labute approximate surface area is 111 Å². The van der Waals surface area contributed by atoms with E-state index in [0.29, 0.717) is 6.61 Å². The van der Waals surface area contributed by atoms with Crippen molar-refractivity contribution < 1.29 is 9.47 Å². The van der Waals surface area contributed by atoms with E-state index in [1.165, 1.54) is 32.1 Å². The van der Waals surface area contributed by atoms with Gasteiger partial charge in [-0.15, -0.1) is 0 Å². The maximum absolute atomic E-state index is 5.67. The number of hydrogen-bond acceptors (Lipinski definition) is 2. The van der Waals surface area contributed by atoms with Gasteiger partial charge in [-0.1, -0.05) is 39.0 Å². The standard InChI is InChI=1S/C16H25O2/c1-3-5-6-7-8-9-14-18-16-12-10-15(11-13-16)17-4-2/h10-13H,2-9,14H2,1H3. The van der Waals surface area contributed by atoms with Gasteiger partial charge in [0.05, 0.1) is 13.2 Å². The van der Waals surface area contributed by atoms with Crippen LogP contribution in [0.4, 0.5) is 0 Å². The third-order valence-corrected chi connectivity index (χ3v) is 2.86. The summed E-state index contributed by atoms with van der Waals surface area (Å²) in [7, 11) is 0. The number of unbranched alkanes of at least 4 members (excludes halogenated alkanes) is 5. The maximum atomic E-state index is 5.67. The summed E-state index contributed by atoms with van der Waals surface area (Å²) >= 11 is 0. The zero-order valence-corrected chi connectivity index (χ0v) is 11.5. The van der Waals surface area contributed by atoms with Crippen molar-refractivity contribution in [2.75, 3.05) is 13.2 Å². The maximum Gasteiger partial charge on any atom is 0.119 e. The molecule has 0 bridgehead atoms. The van der Waals surface area contributed by atoms with E-state index in [0.717, 1.165) is 24.5 Å². The molecule has 1 radical (unpaired) electrons. The van der Waals surface area contributed by atoms with E-state index in [1.54, 1.807) is 0 Å². The first kappa shape index (κ1) is 14.9. The van der Waals surface area contributed by atoms with Crippen molar-refractivity contribution in [2.24, 2.45) is 0 Å². The van der Waals surface area contributed by atoms with E-state index in [-0.39, 0.29) is 0 Å². The Balaban J connectivity index is 2.08. The third kappa shape index (κ3) is 6.53. The Bertz CT molecular complexity index is 292. The second-order valence-corrected chi connectivity index (χ2v) is 4.44. The Hall–Kier alpha value is -1.18. The molecule has 101 valence electrons. The van der Waals surface area contributed by atoms with Gasteiger partial charge in [-0.05, 0) is 37.6 Å². The van der Waals surface area contributed by atoms with Crippen LogP contribution in [0.25, 0.3) is 0 Å². The summed E-state index contributed by atoms with van der Waals surface area (Å²) in [4.78, 5) is 0. The van der Waals surface area contributed by atoms with Crippen molar-refractivity contribution in [1.82, 2.24) is 0 Å². The monoisotopic (exact) mass is 249 g/mol. The zero-order chi connectivity index (χ0) is 13.1. The summed E-state index contributed by atoms with van der Waals surface area (Å²) < 4.78 is 10.9. The molecule has 0 heterocycles. The second-order valence-electron chi connectivity index (χ2n) is 4.44. The molecule has 0 unspecified atom stereocenters. The molecule has 0 atom stereocenters. The van der Waals surface area contributed by atoms with Crippen LogP contribution in [0.3, 0.4) is 0 Å². The quantitative estimate of drug-likeness (QED) is 0.562. The Morgan fingerprint density at radius 2 is 1.39 bits per heavy atom. The Kier molecular flexibility index (Phi) is 8.11. The lowest BCUT2D eigenvalue weighted by atomic mass is 10.1. The summed E-state index contributed by atoms with van der Waals surface area (Å²) in [5.74, 6) is 1.76. The van der Waals surface area contributed by atoms with Gasteiger partial charge in [-0.25, -0.2) is 0 Å². The highest BCUT2D eigenvalue weighted by atomic mass is 16.5. The molecule has 0 spiro atoms. The van der Waals surface area contributed by atoms with Gasteiger partial charge in [0.15, 0.2) is 0 Å². The van der Waals surface area contributed by atoms with E-state index in [9.17, 15) is 0 Å².